The van der Waals surface area contributed by atoms with Crippen molar-refractivity contribution in [3.8, 4) is 11.5 Å². The molecular formula is C41H47N3O3. The predicted octanol–water partition coefficient (Wildman–Crippen LogP) is 7.50. The number of ether oxygens (including phenoxy) is 1. The molecule has 3 aliphatic heterocycles. The zero-order valence-corrected chi connectivity index (χ0v) is 27.8. The van der Waals surface area contributed by atoms with Gasteiger partial charge >= 0.3 is 0 Å². The molecule has 6 nitrogen and oxygen atoms in total. The molecule has 4 aromatic rings. The molecule has 0 radical (unpaired) electrons. The molecule has 2 saturated heterocycles. The van der Waals surface area contributed by atoms with Crippen LogP contribution in [0, 0.1) is 5.92 Å². The van der Waals surface area contributed by atoms with Gasteiger partial charge in [-0.1, -0.05) is 55.5 Å². The number of aromatic hydroxyl groups is 1. The molecule has 0 bridgehead atoms. The Hall–Kier alpha value is -4.29. The molecule has 3 heterocycles. The Bertz CT molecular complexity index is 1670. The molecule has 2 unspecified atom stereocenters. The third-order valence-corrected chi connectivity index (χ3v) is 10.7. The number of piperazine rings is 1. The molecule has 2 fully saturated rings. The van der Waals surface area contributed by atoms with E-state index in [0.717, 1.165) is 74.0 Å². The molecule has 6 heteroatoms. The topological polar surface area (TPSA) is 56.3 Å². The second kappa shape index (κ2) is 13.8. The van der Waals surface area contributed by atoms with E-state index in [0.29, 0.717) is 6.61 Å². The zero-order chi connectivity index (χ0) is 32.3. The van der Waals surface area contributed by atoms with Crippen LogP contribution in [0.15, 0.2) is 91.0 Å². The number of ketones is 1. The summed E-state index contributed by atoms with van der Waals surface area (Å²) in [6.45, 7) is 12.0. The van der Waals surface area contributed by atoms with Crippen LogP contribution in [0.25, 0.3) is 0 Å². The first-order chi connectivity index (χ1) is 23.0. The molecule has 0 aliphatic carbocycles. The number of Topliss-reactive ketones (excluding diaryl/α,β-unsaturated/α-hetero) is 1. The summed E-state index contributed by atoms with van der Waals surface area (Å²) in [5.41, 5.74) is 8.27. The van der Waals surface area contributed by atoms with Gasteiger partial charge in [-0.25, -0.2) is 0 Å². The monoisotopic (exact) mass is 629 g/mol. The van der Waals surface area contributed by atoms with Crippen molar-refractivity contribution >= 4 is 17.2 Å². The van der Waals surface area contributed by atoms with Gasteiger partial charge in [0.25, 0.3) is 0 Å². The van der Waals surface area contributed by atoms with E-state index in [9.17, 15) is 9.90 Å². The molecule has 0 spiro atoms. The number of benzene rings is 4. The lowest BCUT2D eigenvalue weighted by Crippen LogP contribution is -2.49. The summed E-state index contributed by atoms with van der Waals surface area (Å²) in [7, 11) is 0. The Labute approximate surface area is 279 Å². The predicted molar refractivity (Wildman–Crippen MR) is 190 cm³/mol. The van der Waals surface area contributed by atoms with Crippen LogP contribution >= 0.6 is 0 Å². The van der Waals surface area contributed by atoms with Gasteiger partial charge in [0.1, 0.15) is 11.5 Å². The number of carbonyl (C=O) groups excluding carboxylic acids is 1. The summed E-state index contributed by atoms with van der Waals surface area (Å²) in [5, 5.41) is 10.1. The zero-order valence-electron chi connectivity index (χ0n) is 27.8. The van der Waals surface area contributed by atoms with Crippen LogP contribution in [0.3, 0.4) is 0 Å². The standard InChI is InChI=1S/C41H47N3O3/c1-3-31-25-35(13-15-37(31)29(2)45)44-23-21-42(22-24-44)27-30-17-19-43(20-18-30)34-11-9-33(10-12-34)41-38-16-14-36(46)26-40(38)47-28-39(41)32-7-5-4-6-8-32/h4-16,25-26,30,39,41,46H,3,17-24,27-28H2,1-2H3. The average molecular weight is 630 g/mol. The minimum Gasteiger partial charge on any atom is -0.508 e. The molecule has 47 heavy (non-hydrogen) atoms. The fourth-order valence-corrected chi connectivity index (χ4v) is 8.03. The van der Waals surface area contributed by atoms with E-state index in [2.05, 4.69) is 88.4 Å². The van der Waals surface area contributed by atoms with Gasteiger partial charge in [-0.2, -0.15) is 0 Å². The first kappa shape index (κ1) is 31.3. The Morgan fingerprint density at radius 3 is 2.19 bits per heavy atom. The summed E-state index contributed by atoms with van der Waals surface area (Å²) in [5.74, 6) is 2.28. The summed E-state index contributed by atoms with van der Waals surface area (Å²) >= 11 is 0. The minimum atomic E-state index is 0.155. The average Bonchev–Trinajstić information content (AvgIpc) is 3.12. The van der Waals surface area contributed by atoms with Gasteiger partial charge in [-0.05, 0) is 85.2 Å². The lowest BCUT2D eigenvalue weighted by molar-refractivity contribution is 0.101. The maximum absolute atomic E-state index is 12.0. The first-order valence-electron chi connectivity index (χ1n) is 17.4. The second-order valence-electron chi connectivity index (χ2n) is 13.6. The number of hydrogen-bond donors (Lipinski definition) is 1. The highest BCUT2D eigenvalue weighted by molar-refractivity contribution is 5.96. The van der Waals surface area contributed by atoms with Crippen LogP contribution in [-0.2, 0) is 6.42 Å². The number of hydrogen-bond acceptors (Lipinski definition) is 6. The minimum absolute atomic E-state index is 0.155. The van der Waals surface area contributed by atoms with Crippen LogP contribution in [0.5, 0.6) is 11.5 Å². The van der Waals surface area contributed by atoms with Crippen molar-refractivity contribution in [1.82, 2.24) is 4.90 Å². The van der Waals surface area contributed by atoms with Crippen LogP contribution in [0.2, 0.25) is 0 Å². The molecule has 7 rings (SSSR count). The van der Waals surface area contributed by atoms with Crippen molar-refractivity contribution in [2.75, 3.05) is 62.2 Å². The number of piperidine rings is 1. The number of fused-ring (bicyclic) bond motifs is 1. The molecule has 3 aliphatic rings. The van der Waals surface area contributed by atoms with Crippen LogP contribution < -0.4 is 14.5 Å². The highest BCUT2D eigenvalue weighted by Crippen LogP contribution is 2.47. The summed E-state index contributed by atoms with van der Waals surface area (Å²) in [6, 6.07) is 31.8. The molecule has 0 aromatic heterocycles. The summed E-state index contributed by atoms with van der Waals surface area (Å²) in [6.07, 6.45) is 3.33. The quantitative estimate of drug-likeness (QED) is 0.204. The largest absolute Gasteiger partial charge is 0.508 e. The van der Waals surface area contributed by atoms with Gasteiger partial charge in [-0.15, -0.1) is 0 Å². The molecule has 4 aromatic carbocycles. The summed E-state index contributed by atoms with van der Waals surface area (Å²) in [4.78, 5) is 19.7. The van der Waals surface area contributed by atoms with E-state index in [1.165, 1.54) is 41.9 Å². The van der Waals surface area contributed by atoms with E-state index < -0.39 is 0 Å². The number of phenols is 1. The SMILES string of the molecule is CCc1cc(N2CCN(CC3CCN(c4ccc(C5c6ccc(O)cc6OCC5c5ccccc5)cc4)CC3)CC2)ccc1C(C)=O. The number of anilines is 2. The van der Waals surface area contributed by atoms with Gasteiger partial charge in [0.05, 0.1) is 6.61 Å². The smallest absolute Gasteiger partial charge is 0.160 e. The molecule has 1 N–H and O–H groups in total. The van der Waals surface area contributed by atoms with Crippen molar-refractivity contribution < 1.29 is 14.6 Å². The van der Waals surface area contributed by atoms with Crippen molar-refractivity contribution in [3.63, 3.8) is 0 Å². The molecule has 244 valence electrons. The fourth-order valence-electron chi connectivity index (χ4n) is 8.03. The Balaban J connectivity index is 0.951. The fraction of sp³-hybridized carbons (Fsp3) is 0.390. The number of phenolic OH excluding ortho intramolecular Hbond substituents is 1. The maximum atomic E-state index is 12.0. The molecule has 0 saturated carbocycles. The van der Waals surface area contributed by atoms with Crippen molar-refractivity contribution in [1.29, 1.82) is 0 Å². The second-order valence-corrected chi connectivity index (χ2v) is 13.6. The first-order valence-corrected chi connectivity index (χ1v) is 17.4. The maximum Gasteiger partial charge on any atom is 0.160 e. The highest BCUT2D eigenvalue weighted by atomic mass is 16.5. The van der Waals surface area contributed by atoms with Gasteiger partial charge in [-0.3, -0.25) is 9.69 Å². The van der Waals surface area contributed by atoms with E-state index in [4.69, 9.17) is 4.74 Å². The third kappa shape index (κ3) is 6.75. The lowest BCUT2D eigenvalue weighted by atomic mass is 9.76. The summed E-state index contributed by atoms with van der Waals surface area (Å²) < 4.78 is 6.17. The van der Waals surface area contributed by atoms with E-state index in [1.54, 1.807) is 19.1 Å². The van der Waals surface area contributed by atoms with Crippen LogP contribution in [0.1, 0.15) is 71.1 Å². The van der Waals surface area contributed by atoms with Gasteiger partial charge < -0.3 is 19.6 Å². The number of carbonyl (C=O) groups is 1. The van der Waals surface area contributed by atoms with Crippen molar-refractivity contribution in [3.05, 3.63) is 119 Å². The van der Waals surface area contributed by atoms with E-state index in [-0.39, 0.29) is 23.4 Å². The number of aryl methyl sites for hydroxylation is 1. The van der Waals surface area contributed by atoms with Crippen molar-refractivity contribution in [2.24, 2.45) is 5.92 Å². The lowest BCUT2D eigenvalue weighted by Gasteiger charge is -2.40. The molecular weight excluding hydrogens is 582 g/mol. The van der Waals surface area contributed by atoms with Gasteiger partial charge in [0.2, 0.25) is 0 Å². The number of nitrogens with zero attached hydrogens (tertiary/aromatic N) is 3. The van der Waals surface area contributed by atoms with E-state index in [1.807, 2.05) is 12.1 Å². The molecule has 2 atom stereocenters. The van der Waals surface area contributed by atoms with Gasteiger partial charge in [0, 0.05) is 86.2 Å². The Morgan fingerprint density at radius 2 is 1.49 bits per heavy atom. The van der Waals surface area contributed by atoms with Crippen LogP contribution in [0.4, 0.5) is 11.4 Å². The van der Waals surface area contributed by atoms with Crippen molar-refractivity contribution in [2.45, 2.75) is 44.9 Å². The number of rotatable bonds is 8. The third-order valence-electron chi connectivity index (χ3n) is 10.7. The van der Waals surface area contributed by atoms with Crippen LogP contribution in [-0.4, -0.2) is 68.2 Å². The molecule has 0 amide bonds. The van der Waals surface area contributed by atoms with E-state index >= 15 is 0 Å². The highest BCUT2D eigenvalue weighted by Gasteiger charge is 2.34. The normalized spacial score (nSPS) is 20.5. The van der Waals surface area contributed by atoms with Gasteiger partial charge in [0.15, 0.2) is 5.78 Å². The Morgan fingerprint density at radius 1 is 0.787 bits per heavy atom. The Kier molecular flexibility index (Phi) is 9.21.